The zero-order chi connectivity index (χ0) is 15.8. The number of hydrogen-bond acceptors (Lipinski definition) is 4. The molecule has 0 unspecified atom stereocenters. The van der Waals surface area contributed by atoms with E-state index in [-0.39, 0.29) is 5.56 Å². The third-order valence-corrected chi connectivity index (χ3v) is 4.39. The van der Waals surface area contributed by atoms with Crippen molar-refractivity contribution in [3.63, 3.8) is 0 Å². The number of nitrogens with one attached hydrogen (secondary N) is 1. The summed E-state index contributed by atoms with van der Waals surface area (Å²) in [5.74, 6) is 0.636. The van der Waals surface area contributed by atoms with Crippen LogP contribution in [0.15, 0.2) is 35.3 Å². The van der Waals surface area contributed by atoms with Crippen molar-refractivity contribution in [1.29, 1.82) is 0 Å². The highest BCUT2D eigenvalue weighted by atomic mass is 16.1. The van der Waals surface area contributed by atoms with Crippen LogP contribution in [0.5, 0.6) is 0 Å². The second kappa shape index (κ2) is 5.53. The highest BCUT2D eigenvalue weighted by Gasteiger charge is 2.16. The maximum Gasteiger partial charge on any atom is 0.263 e. The van der Waals surface area contributed by atoms with Crippen LogP contribution in [0.1, 0.15) is 24.8 Å². The molecule has 0 saturated carbocycles. The third kappa shape index (κ3) is 2.50. The average Bonchev–Trinajstić information content (AvgIpc) is 3.00. The Morgan fingerprint density at radius 3 is 2.70 bits per heavy atom. The van der Waals surface area contributed by atoms with Crippen LogP contribution in [0.3, 0.4) is 0 Å². The summed E-state index contributed by atoms with van der Waals surface area (Å²) in [6, 6.07) is 7.96. The van der Waals surface area contributed by atoms with Crippen LogP contribution in [0, 0.1) is 6.92 Å². The summed E-state index contributed by atoms with van der Waals surface area (Å²) < 4.78 is 1.74. The van der Waals surface area contributed by atoms with Gasteiger partial charge in [0.1, 0.15) is 5.39 Å². The molecule has 1 aromatic carbocycles. The van der Waals surface area contributed by atoms with Gasteiger partial charge in [-0.25, -0.2) is 4.68 Å². The van der Waals surface area contributed by atoms with Crippen LogP contribution in [0.25, 0.3) is 16.7 Å². The fraction of sp³-hybridized carbons (Fsp3) is 0.353. The van der Waals surface area contributed by atoms with Crippen molar-refractivity contribution in [1.82, 2.24) is 19.7 Å². The van der Waals surface area contributed by atoms with Crippen LogP contribution in [-0.4, -0.2) is 32.8 Å². The lowest BCUT2D eigenvalue weighted by Gasteiger charge is -2.26. The maximum absolute atomic E-state index is 12.4. The number of piperidine rings is 1. The average molecular weight is 309 g/mol. The van der Waals surface area contributed by atoms with E-state index in [0.717, 1.165) is 37.2 Å². The fourth-order valence-corrected chi connectivity index (χ4v) is 3.10. The molecular formula is C17H19N5O. The zero-order valence-corrected chi connectivity index (χ0v) is 13.1. The number of H-pyrrole nitrogens is 1. The van der Waals surface area contributed by atoms with Gasteiger partial charge in [0.05, 0.1) is 5.69 Å². The molecule has 2 aromatic heterocycles. The minimum Gasteiger partial charge on any atom is -0.342 e. The predicted octanol–water partition coefficient (Wildman–Crippen LogP) is 2.41. The molecule has 0 spiro atoms. The summed E-state index contributed by atoms with van der Waals surface area (Å²) >= 11 is 0. The molecule has 1 aliphatic heterocycles. The van der Waals surface area contributed by atoms with Gasteiger partial charge in [-0.15, -0.1) is 5.10 Å². The maximum atomic E-state index is 12.4. The molecule has 6 heteroatoms. The molecule has 1 aliphatic rings. The van der Waals surface area contributed by atoms with E-state index in [1.807, 2.05) is 31.2 Å². The first kappa shape index (κ1) is 14.0. The summed E-state index contributed by atoms with van der Waals surface area (Å²) in [5.41, 5.74) is 2.44. The fourth-order valence-electron chi connectivity index (χ4n) is 3.10. The van der Waals surface area contributed by atoms with E-state index in [1.165, 1.54) is 6.42 Å². The number of anilines is 1. The number of fused-ring (bicyclic) bond motifs is 1. The van der Waals surface area contributed by atoms with Crippen molar-refractivity contribution >= 4 is 17.0 Å². The zero-order valence-electron chi connectivity index (χ0n) is 13.1. The number of hydrogen-bond donors (Lipinski definition) is 1. The Bertz CT molecular complexity index is 905. The molecule has 1 fully saturated rings. The Hall–Kier alpha value is -2.63. The lowest BCUT2D eigenvalue weighted by atomic mass is 10.1. The molecular weight excluding hydrogens is 290 g/mol. The van der Waals surface area contributed by atoms with E-state index in [2.05, 4.69) is 20.0 Å². The topological polar surface area (TPSA) is 66.8 Å². The van der Waals surface area contributed by atoms with Crippen LogP contribution >= 0.6 is 0 Å². The Kier molecular flexibility index (Phi) is 3.37. The molecule has 0 atom stereocenters. The molecule has 3 heterocycles. The standard InChI is InChI=1S/C17H19N5O/c1-12-7-3-4-8-14(12)22-11-13-15(20-22)18-17(19-16(13)23)21-9-5-2-6-10-21/h3-4,7-8,11H,2,5-6,9-10H2,1H3,(H,18,19,20,23). The molecule has 6 nitrogen and oxygen atoms in total. The lowest BCUT2D eigenvalue weighted by molar-refractivity contribution is 0.568. The smallest absolute Gasteiger partial charge is 0.263 e. The van der Waals surface area contributed by atoms with Crippen molar-refractivity contribution in [2.75, 3.05) is 18.0 Å². The van der Waals surface area contributed by atoms with Gasteiger partial charge in [0.2, 0.25) is 5.95 Å². The van der Waals surface area contributed by atoms with Gasteiger partial charge in [-0.2, -0.15) is 4.98 Å². The molecule has 4 rings (SSSR count). The SMILES string of the molecule is Cc1ccccc1-n1cc2c(=O)[nH]c(N3CCCCC3)nc2n1. The molecule has 1 saturated heterocycles. The first-order valence-corrected chi connectivity index (χ1v) is 8.03. The van der Waals surface area contributed by atoms with Crippen molar-refractivity contribution < 1.29 is 0 Å². The molecule has 0 radical (unpaired) electrons. The van der Waals surface area contributed by atoms with Crippen molar-refractivity contribution in [3.8, 4) is 5.69 Å². The van der Waals surface area contributed by atoms with Gasteiger partial charge in [-0.05, 0) is 37.8 Å². The lowest BCUT2D eigenvalue weighted by Crippen LogP contribution is -2.32. The second-order valence-electron chi connectivity index (χ2n) is 6.03. The number of nitrogens with zero attached hydrogens (tertiary/aromatic N) is 4. The Balaban J connectivity index is 1.81. The summed E-state index contributed by atoms with van der Waals surface area (Å²) in [7, 11) is 0. The van der Waals surface area contributed by atoms with Crippen LogP contribution in [-0.2, 0) is 0 Å². The summed E-state index contributed by atoms with van der Waals surface area (Å²) in [6.45, 7) is 3.90. The van der Waals surface area contributed by atoms with E-state index in [0.29, 0.717) is 17.0 Å². The predicted molar refractivity (Wildman–Crippen MR) is 90.3 cm³/mol. The van der Waals surface area contributed by atoms with Gasteiger partial charge in [-0.1, -0.05) is 18.2 Å². The van der Waals surface area contributed by atoms with Crippen molar-refractivity contribution in [3.05, 3.63) is 46.4 Å². The molecule has 23 heavy (non-hydrogen) atoms. The third-order valence-electron chi connectivity index (χ3n) is 4.39. The van der Waals surface area contributed by atoms with Crippen LogP contribution in [0.4, 0.5) is 5.95 Å². The van der Waals surface area contributed by atoms with E-state index < -0.39 is 0 Å². The summed E-state index contributed by atoms with van der Waals surface area (Å²) in [6.07, 6.45) is 5.27. The quantitative estimate of drug-likeness (QED) is 0.789. The van der Waals surface area contributed by atoms with Gasteiger partial charge >= 0.3 is 0 Å². The first-order valence-electron chi connectivity index (χ1n) is 8.03. The largest absolute Gasteiger partial charge is 0.342 e. The van der Waals surface area contributed by atoms with E-state index in [9.17, 15) is 4.79 Å². The molecule has 1 N–H and O–H groups in total. The number of aromatic nitrogens is 4. The van der Waals surface area contributed by atoms with Crippen LogP contribution in [0.2, 0.25) is 0 Å². The number of para-hydroxylation sites is 1. The number of aryl methyl sites for hydroxylation is 1. The van der Waals surface area contributed by atoms with Gasteiger partial charge in [0.25, 0.3) is 5.56 Å². The van der Waals surface area contributed by atoms with Crippen molar-refractivity contribution in [2.24, 2.45) is 0 Å². The Morgan fingerprint density at radius 1 is 1.13 bits per heavy atom. The highest BCUT2D eigenvalue weighted by molar-refractivity contribution is 5.74. The molecule has 0 bridgehead atoms. The van der Waals surface area contributed by atoms with E-state index >= 15 is 0 Å². The van der Waals surface area contributed by atoms with Gasteiger partial charge < -0.3 is 4.90 Å². The number of rotatable bonds is 2. The first-order chi connectivity index (χ1) is 11.2. The Morgan fingerprint density at radius 2 is 1.91 bits per heavy atom. The van der Waals surface area contributed by atoms with Crippen molar-refractivity contribution in [2.45, 2.75) is 26.2 Å². The van der Waals surface area contributed by atoms with Gasteiger partial charge in [0.15, 0.2) is 5.65 Å². The Labute approximate surface area is 133 Å². The normalized spacial score (nSPS) is 15.3. The molecule has 0 aliphatic carbocycles. The monoisotopic (exact) mass is 309 g/mol. The summed E-state index contributed by atoms with van der Waals surface area (Å²) in [4.78, 5) is 22.0. The number of benzene rings is 1. The second-order valence-corrected chi connectivity index (χ2v) is 6.03. The summed E-state index contributed by atoms with van der Waals surface area (Å²) in [5, 5.41) is 5.04. The highest BCUT2D eigenvalue weighted by Crippen LogP contribution is 2.18. The minimum absolute atomic E-state index is 0.129. The van der Waals surface area contributed by atoms with Crippen LogP contribution < -0.4 is 10.5 Å². The molecule has 0 amide bonds. The van der Waals surface area contributed by atoms with E-state index in [1.54, 1.807) is 10.9 Å². The minimum atomic E-state index is -0.129. The van der Waals surface area contributed by atoms with E-state index in [4.69, 9.17) is 0 Å². The van der Waals surface area contributed by atoms with Gasteiger partial charge in [0, 0.05) is 19.3 Å². The number of aromatic amines is 1. The molecule has 3 aromatic rings. The van der Waals surface area contributed by atoms with Gasteiger partial charge in [-0.3, -0.25) is 9.78 Å². The molecule has 118 valence electrons.